The number of nitrogens with zero attached hydrogens (tertiary/aromatic N) is 2. The maximum Gasteiger partial charge on any atom is 0.191 e. The lowest BCUT2D eigenvalue weighted by Crippen LogP contribution is -2.38. The molecule has 0 amide bonds. The Balaban J connectivity index is 0.00000176. The molecule has 1 fully saturated rings. The number of nitrogens with one attached hydrogen (secondary N) is 2. The van der Waals surface area contributed by atoms with E-state index >= 15 is 0 Å². The second kappa shape index (κ2) is 8.04. The lowest BCUT2D eigenvalue weighted by atomic mass is 10.00. The molecule has 22 heavy (non-hydrogen) atoms. The van der Waals surface area contributed by atoms with Crippen LogP contribution < -0.4 is 15.5 Å². The Morgan fingerprint density at radius 1 is 1.36 bits per heavy atom. The van der Waals surface area contributed by atoms with Crippen molar-refractivity contribution in [1.82, 2.24) is 10.6 Å². The smallest absolute Gasteiger partial charge is 0.191 e. The number of aryl methyl sites for hydroxylation is 1. The van der Waals surface area contributed by atoms with Crippen LogP contribution in [0.3, 0.4) is 0 Å². The van der Waals surface area contributed by atoms with Gasteiger partial charge in [-0.05, 0) is 49.8 Å². The second-order valence-electron chi connectivity index (χ2n) is 6.10. The SMILES string of the molecule is CCNC(=NCc1ccc2c(c1)CCCN2C)NC1CC1.I. The number of aliphatic imine (C=N–C) groups is 1. The summed E-state index contributed by atoms with van der Waals surface area (Å²) in [6.45, 7) is 4.94. The van der Waals surface area contributed by atoms with Gasteiger partial charge in [0, 0.05) is 31.9 Å². The molecule has 5 heteroatoms. The van der Waals surface area contributed by atoms with Gasteiger partial charge in [0.1, 0.15) is 0 Å². The molecule has 0 aromatic heterocycles. The number of guanidine groups is 1. The molecule has 0 unspecified atom stereocenters. The molecule has 2 N–H and O–H groups in total. The zero-order valence-electron chi connectivity index (χ0n) is 13.6. The van der Waals surface area contributed by atoms with Crippen molar-refractivity contribution in [3.63, 3.8) is 0 Å². The molecule has 0 radical (unpaired) electrons. The highest BCUT2D eigenvalue weighted by atomic mass is 127. The van der Waals surface area contributed by atoms with Crippen molar-refractivity contribution < 1.29 is 0 Å². The van der Waals surface area contributed by atoms with Crippen LogP contribution in [0.5, 0.6) is 0 Å². The summed E-state index contributed by atoms with van der Waals surface area (Å²) in [5.74, 6) is 0.954. The molecule has 1 aromatic rings. The zero-order chi connectivity index (χ0) is 14.7. The van der Waals surface area contributed by atoms with Crippen LogP contribution in [0, 0.1) is 0 Å². The summed E-state index contributed by atoms with van der Waals surface area (Å²) >= 11 is 0. The van der Waals surface area contributed by atoms with Crippen LogP contribution in [0.25, 0.3) is 0 Å². The summed E-state index contributed by atoms with van der Waals surface area (Å²) in [4.78, 5) is 7.06. The molecule has 0 saturated heterocycles. The topological polar surface area (TPSA) is 39.7 Å². The van der Waals surface area contributed by atoms with Crippen LogP contribution in [-0.2, 0) is 13.0 Å². The fourth-order valence-corrected chi connectivity index (χ4v) is 2.85. The number of fused-ring (bicyclic) bond motifs is 1. The van der Waals surface area contributed by atoms with Gasteiger partial charge in [-0.3, -0.25) is 0 Å². The lowest BCUT2D eigenvalue weighted by molar-refractivity contribution is 0.742. The van der Waals surface area contributed by atoms with Gasteiger partial charge < -0.3 is 15.5 Å². The third kappa shape index (κ3) is 4.51. The second-order valence-corrected chi connectivity index (χ2v) is 6.10. The highest BCUT2D eigenvalue weighted by Gasteiger charge is 2.22. The minimum Gasteiger partial charge on any atom is -0.374 e. The predicted molar refractivity (Wildman–Crippen MR) is 104 cm³/mol. The fraction of sp³-hybridized carbons (Fsp3) is 0.588. The van der Waals surface area contributed by atoms with Crippen molar-refractivity contribution in [2.75, 3.05) is 25.0 Å². The van der Waals surface area contributed by atoms with Crippen LogP contribution in [0.1, 0.15) is 37.3 Å². The number of benzene rings is 1. The van der Waals surface area contributed by atoms with Gasteiger partial charge in [-0.1, -0.05) is 12.1 Å². The fourth-order valence-electron chi connectivity index (χ4n) is 2.85. The third-order valence-electron chi connectivity index (χ3n) is 4.18. The first-order chi connectivity index (χ1) is 10.3. The Bertz CT molecular complexity index is 525. The first kappa shape index (κ1) is 17.4. The van der Waals surface area contributed by atoms with Gasteiger partial charge in [-0.25, -0.2) is 4.99 Å². The van der Waals surface area contributed by atoms with Crippen molar-refractivity contribution in [2.24, 2.45) is 4.99 Å². The van der Waals surface area contributed by atoms with Crippen molar-refractivity contribution >= 4 is 35.6 Å². The average Bonchev–Trinajstić information content (AvgIpc) is 3.29. The van der Waals surface area contributed by atoms with Gasteiger partial charge in [0.2, 0.25) is 0 Å². The molecular formula is C17H27IN4. The number of anilines is 1. The third-order valence-corrected chi connectivity index (χ3v) is 4.18. The molecular weight excluding hydrogens is 387 g/mol. The van der Waals surface area contributed by atoms with Gasteiger partial charge in [0.05, 0.1) is 6.54 Å². The Hall–Kier alpha value is -0.980. The maximum atomic E-state index is 4.71. The van der Waals surface area contributed by atoms with Crippen LogP contribution in [0.2, 0.25) is 0 Å². The number of halogens is 1. The van der Waals surface area contributed by atoms with Crippen LogP contribution >= 0.6 is 24.0 Å². The van der Waals surface area contributed by atoms with E-state index in [1.54, 1.807) is 0 Å². The van der Waals surface area contributed by atoms with Gasteiger partial charge in [0.15, 0.2) is 5.96 Å². The molecule has 0 spiro atoms. The molecule has 1 heterocycles. The summed E-state index contributed by atoms with van der Waals surface area (Å²) in [6, 6.07) is 7.43. The van der Waals surface area contributed by atoms with E-state index in [1.807, 2.05) is 0 Å². The standard InChI is InChI=1S/C17H26N4.HI/c1-3-18-17(20-15-7-8-15)19-12-13-6-9-16-14(11-13)5-4-10-21(16)2;/h6,9,11,15H,3-5,7-8,10,12H2,1-2H3,(H2,18,19,20);1H. The van der Waals surface area contributed by atoms with Gasteiger partial charge in [-0.2, -0.15) is 0 Å². The summed E-state index contributed by atoms with van der Waals surface area (Å²) < 4.78 is 0. The molecule has 1 aromatic carbocycles. The van der Waals surface area contributed by atoms with Crippen LogP contribution in [-0.4, -0.2) is 32.1 Å². The van der Waals surface area contributed by atoms with E-state index in [0.717, 1.165) is 19.0 Å². The summed E-state index contributed by atoms with van der Waals surface area (Å²) in [5.41, 5.74) is 4.16. The summed E-state index contributed by atoms with van der Waals surface area (Å²) in [7, 11) is 2.18. The largest absolute Gasteiger partial charge is 0.374 e. The average molecular weight is 414 g/mol. The molecule has 1 aliphatic carbocycles. The predicted octanol–water partition coefficient (Wildman–Crippen LogP) is 2.90. The highest BCUT2D eigenvalue weighted by Crippen LogP contribution is 2.27. The summed E-state index contributed by atoms with van der Waals surface area (Å²) in [6.07, 6.45) is 4.99. The molecule has 1 saturated carbocycles. The Kier molecular flexibility index (Phi) is 6.35. The van der Waals surface area contributed by atoms with Crippen LogP contribution in [0.4, 0.5) is 5.69 Å². The maximum absolute atomic E-state index is 4.71. The Morgan fingerprint density at radius 3 is 2.91 bits per heavy atom. The van der Waals surface area contributed by atoms with E-state index in [0.29, 0.717) is 6.04 Å². The van der Waals surface area contributed by atoms with E-state index < -0.39 is 0 Å². The molecule has 122 valence electrons. The Labute approximate surface area is 150 Å². The quantitative estimate of drug-likeness (QED) is 0.452. The monoisotopic (exact) mass is 414 g/mol. The van der Waals surface area contributed by atoms with Crippen molar-refractivity contribution in [3.8, 4) is 0 Å². The van der Waals surface area contributed by atoms with Gasteiger partial charge in [0.25, 0.3) is 0 Å². The van der Waals surface area contributed by atoms with E-state index in [-0.39, 0.29) is 24.0 Å². The number of rotatable bonds is 4. The van der Waals surface area contributed by atoms with E-state index in [2.05, 4.69) is 47.7 Å². The van der Waals surface area contributed by atoms with Crippen molar-refractivity contribution in [2.45, 2.75) is 45.2 Å². The molecule has 3 rings (SSSR count). The Morgan fingerprint density at radius 2 is 2.18 bits per heavy atom. The minimum absolute atomic E-state index is 0. The van der Waals surface area contributed by atoms with Crippen molar-refractivity contribution in [1.29, 1.82) is 0 Å². The first-order valence-electron chi connectivity index (χ1n) is 8.14. The molecule has 0 atom stereocenters. The normalized spacial score (nSPS) is 17.5. The zero-order valence-corrected chi connectivity index (χ0v) is 15.9. The molecule has 1 aliphatic heterocycles. The summed E-state index contributed by atoms with van der Waals surface area (Å²) in [5, 5.41) is 6.79. The van der Waals surface area contributed by atoms with Gasteiger partial charge >= 0.3 is 0 Å². The first-order valence-corrected chi connectivity index (χ1v) is 8.14. The molecule has 0 bridgehead atoms. The minimum atomic E-state index is 0. The van der Waals surface area contributed by atoms with E-state index in [4.69, 9.17) is 4.99 Å². The number of hydrogen-bond donors (Lipinski definition) is 2. The number of hydrogen-bond acceptors (Lipinski definition) is 2. The van der Waals surface area contributed by atoms with Crippen molar-refractivity contribution in [3.05, 3.63) is 29.3 Å². The van der Waals surface area contributed by atoms with Crippen LogP contribution in [0.15, 0.2) is 23.2 Å². The molecule has 4 nitrogen and oxygen atoms in total. The highest BCUT2D eigenvalue weighted by molar-refractivity contribution is 14.0. The van der Waals surface area contributed by atoms with E-state index in [1.165, 1.54) is 49.0 Å². The molecule has 2 aliphatic rings. The van der Waals surface area contributed by atoms with Gasteiger partial charge in [-0.15, -0.1) is 24.0 Å². The lowest BCUT2D eigenvalue weighted by Gasteiger charge is -2.27. The van der Waals surface area contributed by atoms with E-state index in [9.17, 15) is 0 Å².